The standard InChI is InChI=1S/C12H9F3N2O4/c13-12(14,15)10(20)17(6-5-9(18)19)11-16-7-3-1-2-4-8(7)21-11/h1-4H,5-6H2,(H,18,19). The van der Waals surface area contributed by atoms with Crippen molar-refractivity contribution in [2.45, 2.75) is 12.6 Å². The second-order valence-corrected chi connectivity index (χ2v) is 4.06. The largest absolute Gasteiger partial charge is 0.481 e. The molecule has 0 saturated carbocycles. The summed E-state index contributed by atoms with van der Waals surface area (Å²) < 4.78 is 42.8. The Morgan fingerprint density at radius 3 is 2.52 bits per heavy atom. The van der Waals surface area contributed by atoms with Crippen molar-refractivity contribution in [3.8, 4) is 0 Å². The highest BCUT2D eigenvalue weighted by atomic mass is 19.4. The average molecular weight is 302 g/mol. The number of carbonyl (C=O) groups is 2. The van der Waals surface area contributed by atoms with E-state index >= 15 is 0 Å². The van der Waals surface area contributed by atoms with Crippen molar-refractivity contribution in [2.75, 3.05) is 11.4 Å². The summed E-state index contributed by atoms with van der Waals surface area (Å²) in [4.78, 5) is 25.8. The topological polar surface area (TPSA) is 83.6 Å². The van der Waals surface area contributed by atoms with E-state index in [1.807, 2.05) is 0 Å². The molecule has 21 heavy (non-hydrogen) atoms. The van der Waals surface area contributed by atoms with Crippen molar-refractivity contribution in [2.24, 2.45) is 0 Å². The van der Waals surface area contributed by atoms with Crippen molar-refractivity contribution >= 4 is 29.0 Å². The third-order valence-corrected chi connectivity index (χ3v) is 2.55. The van der Waals surface area contributed by atoms with Crippen LogP contribution in [-0.2, 0) is 9.59 Å². The number of aromatic nitrogens is 1. The maximum absolute atomic E-state index is 12.6. The zero-order chi connectivity index (χ0) is 15.6. The van der Waals surface area contributed by atoms with E-state index in [9.17, 15) is 22.8 Å². The number of amides is 1. The van der Waals surface area contributed by atoms with Crippen molar-refractivity contribution in [3.63, 3.8) is 0 Å². The third kappa shape index (κ3) is 3.30. The predicted molar refractivity (Wildman–Crippen MR) is 64.7 cm³/mol. The lowest BCUT2D eigenvalue weighted by atomic mass is 10.3. The summed E-state index contributed by atoms with van der Waals surface area (Å²) in [6.45, 7) is -0.694. The minimum atomic E-state index is -5.15. The van der Waals surface area contributed by atoms with E-state index in [1.54, 1.807) is 12.1 Å². The summed E-state index contributed by atoms with van der Waals surface area (Å²) in [6, 6.07) is 5.57. The number of anilines is 1. The van der Waals surface area contributed by atoms with Crippen LogP contribution in [0.5, 0.6) is 0 Å². The van der Waals surface area contributed by atoms with E-state index in [2.05, 4.69) is 4.98 Å². The normalized spacial score (nSPS) is 11.6. The van der Waals surface area contributed by atoms with Gasteiger partial charge in [-0.3, -0.25) is 14.5 Å². The van der Waals surface area contributed by atoms with Gasteiger partial charge in [-0.25, -0.2) is 0 Å². The van der Waals surface area contributed by atoms with Gasteiger partial charge in [0.05, 0.1) is 6.42 Å². The number of fused-ring (bicyclic) bond motifs is 1. The lowest BCUT2D eigenvalue weighted by Gasteiger charge is -2.18. The fourth-order valence-corrected chi connectivity index (χ4v) is 1.62. The van der Waals surface area contributed by atoms with Gasteiger partial charge in [-0.05, 0) is 12.1 Å². The SMILES string of the molecule is O=C(O)CCN(C(=O)C(F)(F)F)c1nc2ccccc2o1. The van der Waals surface area contributed by atoms with Gasteiger partial charge in [0.25, 0.3) is 0 Å². The van der Waals surface area contributed by atoms with Gasteiger partial charge in [0.15, 0.2) is 5.58 Å². The number of rotatable bonds is 4. The van der Waals surface area contributed by atoms with E-state index in [4.69, 9.17) is 9.52 Å². The molecule has 0 aliphatic carbocycles. The summed E-state index contributed by atoms with van der Waals surface area (Å²) in [5.74, 6) is -3.57. The highest BCUT2D eigenvalue weighted by Gasteiger charge is 2.44. The van der Waals surface area contributed by atoms with Crippen LogP contribution >= 0.6 is 0 Å². The molecule has 0 aliphatic rings. The summed E-state index contributed by atoms with van der Waals surface area (Å²) in [5.41, 5.74) is 0.464. The fraction of sp³-hybridized carbons (Fsp3) is 0.250. The summed E-state index contributed by atoms with van der Waals surface area (Å²) >= 11 is 0. The van der Waals surface area contributed by atoms with E-state index < -0.39 is 37.0 Å². The van der Waals surface area contributed by atoms with Crippen LogP contribution in [0, 0.1) is 0 Å². The van der Waals surface area contributed by atoms with E-state index in [0.717, 1.165) is 0 Å². The molecule has 1 aromatic heterocycles. The first kappa shape index (κ1) is 14.8. The number of carbonyl (C=O) groups excluding carboxylic acids is 1. The zero-order valence-electron chi connectivity index (χ0n) is 10.4. The van der Waals surface area contributed by atoms with Gasteiger partial charge in [-0.1, -0.05) is 12.1 Å². The van der Waals surface area contributed by atoms with Gasteiger partial charge in [-0.2, -0.15) is 18.2 Å². The van der Waals surface area contributed by atoms with Crippen LogP contribution in [0.1, 0.15) is 6.42 Å². The molecule has 1 aromatic carbocycles. The molecule has 0 aliphatic heterocycles. The van der Waals surface area contributed by atoms with Crippen molar-refractivity contribution in [3.05, 3.63) is 24.3 Å². The monoisotopic (exact) mass is 302 g/mol. The molecule has 0 fully saturated rings. The lowest BCUT2D eigenvalue weighted by Crippen LogP contribution is -2.42. The van der Waals surface area contributed by atoms with Gasteiger partial charge >= 0.3 is 24.1 Å². The Balaban J connectivity index is 2.38. The van der Waals surface area contributed by atoms with E-state index in [0.29, 0.717) is 0 Å². The minimum absolute atomic E-state index is 0.175. The van der Waals surface area contributed by atoms with Crippen LogP contribution in [0.2, 0.25) is 0 Å². The van der Waals surface area contributed by atoms with Gasteiger partial charge in [0.2, 0.25) is 0 Å². The molecule has 112 valence electrons. The number of carboxylic acid groups (broad SMARTS) is 1. The van der Waals surface area contributed by atoms with Gasteiger partial charge in [0, 0.05) is 6.54 Å². The van der Waals surface area contributed by atoms with Crippen LogP contribution in [0.4, 0.5) is 19.2 Å². The van der Waals surface area contributed by atoms with E-state index in [-0.39, 0.29) is 16.0 Å². The second kappa shape index (κ2) is 5.43. The number of hydrogen-bond donors (Lipinski definition) is 1. The number of alkyl halides is 3. The number of halogens is 3. The molecule has 1 amide bonds. The number of hydrogen-bond acceptors (Lipinski definition) is 4. The van der Waals surface area contributed by atoms with Crippen LogP contribution < -0.4 is 4.90 Å². The maximum Gasteiger partial charge on any atom is 0.471 e. The number of benzene rings is 1. The molecule has 0 unspecified atom stereocenters. The lowest BCUT2D eigenvalue weighted by molar-refractivity contribution is -0.170. The summed E-state index contributed by atoms with van der Waals surface area (Å²) in [5, 5.41) is 8.56. The number of oxazole rings is 1. The Bertz CT molecular complexity index is 647. The van der Waals surface area contributed by atoms with Crippen molar-refractivity contribution < 1.29 is 32.3 Å². The smallest absolute Gasteiger partial charge is 0.471 e. The molecule has 2 rings (SSSR count). The highest BCUT2D eigenvalue weighted by Crippen LogP contribution is 2.26. The van der Waals surface area contributed by atoms with Crippen LogP contribution in [0.3, 0.4) is 0 Å². The van der Waals surface area contributed by atoms with Crippen molar-refractivity contribution in [1.29, 1.82) is 0 Å². The van der Waals surface area contributed by atoms with Gasteiger partial charge in [-0.15, -0.1) is 0 Å². The Morgan fingerprint density at radius 2 is 1.95 bits per heavy atom. The first-order valence-electron chi connectivity index (χ1n) is 5.75. The van der Waals surface area contributed by atoms with Crippen LogP contribution in [0.15, 0.2) is 28.7 Å². The third-order valence-electron chi connectivity index (χ3n) is 2.55. The average Bonchev–Trinajstić information content (AvgIpc) is 2.80. The first-order chi connectivity index (χ1) is 9.79. The summed E-state index contributed by atoms with van der Waals surface area (Å²) in [7, 11) is 0. The fourth-order valence-electron chi connectivity index (χ4n) is 1.62. The Labute approximate surface area is 115 Å². The Morgan fingerprint density at radius 1 is 1.29 bits per heavy atom. The summed E-state index contributed by atoms with van der Waals surface area (Å²) in [6.07, 6.45) is -5.82. The predicted octanol–water partition coefficient (Wildman–Crippen LogP) is 2.20. The molecular weight excluding hydrogens is 293 g/mol. The molecule has 6 nitrogen and oxygen atoms in total. The number of aliphatic carboxylic acids is 1. The number of carboxylic acids is 1. The Kier molecular flexibility index (Phi) is 3.83. The molecule has 0 atom stereocenters. The molecular formula is C12H9F3N2O4. The molecule has 2 aromatic rings. The minimum Gasteiger partial charge on any atom is -0.481 e. The molecule has 1 N–H and O–H groups in total. The van der Waals surface area contributed by atoms with Crippen LogP contribution in [-0.4, -0.2) is 34.7 Å². The number of nitrogens with zero attached hydrogens (tertiary/aromatic N) is 2. The zero-order valence-corrected chi connectivity index (χ0v) is 10.4. The second-order valence-electron chi connectivity index (χ2n) is 4.06. The molecule has 9 heteroatoms. The highest BCUT2D eigenvalue weighted by molar-refractivity contribution is 5.96. The maximum atomic E-state index is 12.6. The molecule has 0 spiro atoms. The molecule has 1 heterocycles. The molecule has 0 radical (unpaired) electrons. The van der Waals surface area contributed by atoms with Gasteiger partial charge in [0.1, 0.15) is 5.52 Å². The molecule has 0 saturated heterocycles. The van der Waals surface area contributed by atoms with Crippen molar-refractivity contribution in [1.82, 2.24) is 4.98 Å². The van der Waals surface area contributed by atoms with Gasteiger partial charge < -0.3 is 9.52 Å². The number of para-hydroxylation sites is 2. The first-order valence-corrected chi connectivity index (χ1v) is 5.75. The van der Waals surface area contributed by atoms with Crippen LogP contribution in [0.25, 0.3) is 11.1 Å². The van der Waals surface area contributed by atoms with E-state index in [1.165, 1.54) is 12.1 Å². The Hall–Kier alpha value is -2.58. The molecule has 0 bridgehead atoms. The quantitative estimate of drug-likeness (QED) is 0.936.